The zero-order valence-corrected chi connectivity index (χ0v) is 12.3. The molecule has 0 saturated carbocycles. The minimum absolute atomic E-state index is 0.0267. The Kier molecular flexibility index (Phi) is 3.00. The lowest BCUT2D eigenvalue weighted by Gasteiger charge is -2.17. The van der Waals surface area contributed by atoms with E-state index in [-0.39, 0.29) is 11.7 Å². The molecule has 3 aromatic rings. The van der Waals surface area contributed by atoms with Crippen molar-refractivity contribution in [3.8, 4) is 0 Å². The summed E-state index contributed by atoms with van der Waals surface area (Å²) in [4.78, 5) is 21.7. The van der Waals surface area contributed by atoms with Crippen LogP contribution in [0.25, 0.3) is 10.2 Å². The van der Waals surface area contributed by atoms with Crippen LogP contribution in [-0.4, -0.2) is 49.1 Å². The van der Waals surface area contributed by atoms with Crippen molar-refractivity contribution in [2.75, 3.05) is 18.0 Å². The highest BCUT2D eigenvalue weighted by molar-refractivity contribution is 7.17. The standard InChI is InChI=1S/C13H12N6O2S/c20-13(21)10-6-19(17-16-10)8-1-3-18(5-8)12-11-9(2-4-22-11)14-7-15-12/h2,4,6-8H,1,3,5H2,(H,20,21). The molecule has 1 saturated heterocycles. The molecule has 0 bridgehead atoms. The summed E-state index contributed by atoms with van der Waals surface area (Å²) in [5.41, 5.74) is 0.925. The Bertz CT molecular complexity index is 844. The van der Waals surface area contributed by atoms with Crippen LogP contribution >= 0.6 is 11.3 Å². The van der Waals surface area contributed by atoms with Gasteiger partial charge >= 0.3 is 5.97 Å². The highest BCUT2D eigenvalue weighted by atomic mass is 32.1. The number of hydrogen-bond acceptors (Lipinski definition) is 7. The number of thiophene rings is 1. The number of carboxylic acids is 1. The van der Waals surface area contributed by atoms with Gasteiger partial charge in [-0.1, -0.05) is 5.21 Å². The maximum atomic E-state index is 10.9. The first-order valence-corrected chi connectivity index (χ1v) is 7.68. The molecule has 0 aromatic carbocycles. The minimum atomic E-state index is -1.06. The molecule has 1 aliphatic heterocycles. The number of carbonyl (C=O) groups is 1. The number of fused-ring (bicyclic) bond motifs is 1. The van der Waals surface area contributed by atoms with E-state index in [1.165, 1.54) is 6.20 Å². The van der Waals surface area contributed by atoms with E-state index in [0.717, 1.165) is 35.5 Å². The number of aromatic nitrogens is 5. The molecule has 4 heterocycles. The van der Waals surface area contributed by atoms with Crippen LogP contribution in [0, 0.1) is 0 Å². The average molecular weight is 316 g/mol. The predicted octanol–water partition coefficient (Wildman–Crippen LogP) is 1.43. The first-order chi connectivity index (χ1) is 10.7. The van der Waals surface area contributed by atoms with Crippen molar-refractivity contribution in [3.63, 3.8) is 0 Å². The van der Waals surface area contributed by atoms with Crippen LogP contribution in [0.2, 0.25) is 0 Å². The lowest BCUT2D eigenvalue weighted by molar-refractivity contribution is 0.0690. The maximum Gasteiger partial charge on any atom is 0.358 e. The lowest BCUT2D eigenvalue weighted by Crippen LogP contribution is -2.22. The molecular weight excluding hydrogens is 304 g/mol. The normalized spacial score (nSPS) is 18.2. The summed E-state index contributed by atoms with van der Waals surface area (Å²) in [6.07, 6.45) is 3.94. The molecule has 1 N–H and O–H groups in total. The maximum absolute atomic E-state index is 10.9. The van der Waals surface area contributed by atoms with Gasteiger partial charge in [0, 0.05) is 13.1 Å². The van der Waals surface area contributed by atoms with Crippen LogP contribution in [0.15, 0.2) is 24.0 Å². The molecule has 1 unspecified atom stereocenters. The zero-order valence-electron chi connectivity index (χ0n) is 11.5. The van der Waals surface area contributed by atoms with Crippen molar-refractivity contribution in [1.29, 1.82) is 0 Å². The van der Waals surface area contributed by atoms with Gasteiger partial charge in [-0.25, -0.2) is 19.4 Å². The van der Waals surface area contributed by atoms with Crippen molar-refractivity contribution < 1.29 is 9.90 Å². The zero-order chi connectivity index (χ0) is 15.1. The van der Waals surface area contributed by atoms with Crippen molar-refractivity contribution in [2.24, 2.45) is 0 Å². The van der Waals surface area contributed by atoms with Crippen LogP contribution in [0.1, 0.15) is 23.0 Å². The molecule has 112 valence electrons. The lowest BCUT2D eigenvalue weighted by atomic mass is 10.3. The number of carboxylic acid groups (broad SMARTS) is 1. The van der Waals surface area contributed by atoms with Gasteiger partial charge < -0.3 is 10.0 Å². The van der Waals surface area contributed by atoms with Gasteiger partial charge in [0.05, 0.1) is 22.5 Å². The molecule has 0 spiro atoms. The van der Waals surface area contributed by atoms with E-state index in [9.17, 15) is 4.79 Å². The van der Waals surface area contributed by atoms with Crippen LogP contribution in [0.4, 0.5) is 5.82 Å². The molecule has 1 aliphatic rings. The minimum Gasteiger partial charge on any atom is -0.476 e. The van der Waals surface area contributed by atoms with Gasteiger partial charge in [-0.2, -0.15) is 0 Å². The van der Waals surface area contributed by atoms with Gasteiger partial charge in [-0.05, 0) is 17.9 Å². The van der Waals surface area contributed by atoms with Gasteiger partial charge in [0.2, 0.25) is 0 Å². The second-order valence-electron chi connectivity index (χ2n) is 5.11. The van der Waals surface area contributed by atoms with Gasteiger partial charge in [0.25, 0.3) is 0 Å². The quantitative estimate of drug-likeness (QED) is 0.780. The number of hydrogen-bond donors (Lipinski definition) is 1. The third-order valence-corrected chi connectivity index (χ3v) is 4.69. The van der Waals surface area contributed by atoms with Gasteiger partial charge in [0.15, 0.2) is 5.69 Å². The summed E-state index contributed by atoms with van der Waals surface area (Å²) in [6.45, 7) is 1.57. The molecule has 22 heavy (non-hydrogen) atoms. The third kappa shape index (κ3) is 2.10. The largest absolute Gasteiger partial charge is 0.476 e. The molecular formula is C13H12N6O2S. The fraction of sp³-hybridized carbons (Fsp3) is 0.308. The fourth-order valence-corrected chi connectivity index (χ4v) is 3.57. The van der Waals surface area contributed by atoms with E-state index >= 15 is 0 Å². The molecule has 1 atom stereocenters. The first kappa shape index (κ1) is 13.1. The Labute approximate surface area is 129 Å². The number of rotatable bonds is 3. The van der Waals surface area contributed by atoms with Crippen LogP contribution < -0.4 is 4.90 Å². The summed E-state index contributed by atoms with van der Waals surface area (Å²) < 4.78 is 2.71. The predicted molar refractivity (Wildman–Crippen MR) is 80.3 cm³/mol. The summed E-state index contributed by atoms with van der Waals surface area (Å²) in [7, 11) is 0. The van der Waals surface area contributed by atoms with Crippen molar-refractivity contribution in [2.45, 2.75) is 12.5 Å². The van der Waals surface area contributed by atoms with Crippen molar-refractivity contribution >= 4 is 33.3 Å². The topological polar surface area (TPSA) is 97.0 Å². The van der Waals surface area contributed by atoms with E-state index in [2.05, 4.69) is 25.2 Å². The highest BCUT2D eigenvalue weighted by Gasteiger charge is 2.27. The van der Waals surface area contributed by atoms with Crippen LogP contribution in [-0.2, 0) is 0 Å². The second-order valence-corrected chi connectivity index (χ2v) is 6.03. The van der Waals surface area contributed by atoms with E-state index in [1.54, 1.807) is 22.3 Å². The van der Waals surface area contributed by atoms with E-state index < -0.39 is 5.97 Å². The molecule has 3 aromatic heterocycles. The molecule has 0 amide bonds. The molecule has 9 heteroatoms. The molecule has 8 nitrogen and oxygen atoms in total. The van der Waals surface area contributed by atoms with E-state index in [4.69, 9.17) is 5.11 Å². The number of nitrogens with zero attached hydrogens (tertiary/aromatic N) is 6. The highest BCUT2D eigenvalue weighted by Crippen LogP contribution is 2.32. The van der Waals surface area contributed by atoms with Crippen LogP contribution in [0.3, 0.4) is 0 Å². The Morgan fingerprint density at radius 3 is 3.14 bits per heavy atom. The number of anilines is 1. The Morgan fingerprint density at radius 1 is 1.41 bits per heavy atom. The first-order valence-electron chi connectivity index (χ1n) is 6.80. The summed E-state index contributed by atoms with van der Waals surface area (Å²) >= 11 is 1.63. The van der Waals surface area contributed by atoms with E-state index in [1.807, 2.05) is 11.4 Å². The van der Waals surface area contributed by atoms with Crippen molar-refractivity contribution in [3.05, 3.63) is 29.7 Å². The van der Waals surface area contributed by atoms with Gasteiger partial charge in [0.1, 0.15) is 12.1 Å². The third-order valence-electron chi connectivity index (χ3n) is 3.79. The van der Waals surface area contributed by atoms with Gasteiger partial charge in [-0.3, -0.25) is 0 Å². The Morgan fingerprint density at radius 2 is 2.32 bits per heavy atom. The fourth-order valence-electron chi connectivity index (χ4n) is 2.70. The summed E-state index contributed by atoms with van der Waals surface area (Å²) in [5.74, 6) is -0.127. The summed E-state index contributed by atoms with van der Waals surface area (Å²) in [6, 6.07) is 2.08. The monoisotopic (exact) mass is 316 g/mol. The molecule has 0 aliphatic carbocycles. The number of aromatic carboxylic acids is 1. The average Bonchev–Trinajstić information content (AvgIpc) is 3.25. The smallest absolute Gasteiger partial charge is 0.358 e. The molecule has 0 radical (unpaired) electrons. The molecule has 1 fully saturated rings. The Hall–Kier alpha value is -2.55. The molecule has 4 rings (SSSR count). The van der Waals surface area contributed by atoms with Gasteiger partial charge in [-0.15, -0.1) is 16.4 Å². The SMILES string of the molecule is O=C(O)c1cn(C2CCN(c3ncnc4ccsc34)C2)nn1. The summed E-state index contributed by atoms with van der Waals surface area (Å²) in [5, 5.41) is 18.5. The Balaban J connectivity index is 1.59. The second kappa shape index (κ2) is 5.02. The van der Waals surface area contributed by atoms with Crippen molar-refractivity contribution in [1.82, 2.24) is 25.0 Å². The van der Waals surface area contributed by atoms with Crippen LogP contribution in [0.5, 0.6) is 0 Å². The van der Waals surface area contributed by atoms with E-state index in [0.29, 0.717) is 0 Å².